The summed E-state index contributed by atoms with van der Waals surface area (Å²) in [6.45, 7) is 2.15. The van der Waals surface area contributed by atoms with E-state index in [2.05, 4.69) is 5.32 Å². The molecule has 0 spiro atoms. The van der Waals surface area contributed by atoms with Gasteiger partial charge in [0.15, 0.2) is 6.10 Å². The van der Waals surface area contributed by atoms with Gasteiger partial charge in [0.2, 0.25) is 0 Å². The molecule has 0 aromatic rings. The number of aliphatic carboxylic acids is 2. The van der Waals surface area contributed by atoms with Crippen molar-refractivity contribution < 1.29 is 24.9 Å². The first kappa shape index (κ1) is 11.9. The van der Waals surface area contributed by atoms with Crippen LogP contribution in [0.2, 0.25) is 0 Å². The molecule has 0 bridgehead atoms. The molecule has 2 unspecified atom stereocenters. The molecule has 0 radical (unpaired) electrons. The Kier molecular flexibility index (Phi) is 5.01. The maximum absolute atomic E-state index is 10.5. The van der Waals surface area contributed by atoms with Gasteiger partial charge < -0.3 is 20.6 Å². The second-order valence-corrected chi connectivity index (χ2v) is 2.55. The molecule has 0 aliphatic carbocycles. The zero-order valence-corrected chi connectivity index (χ0v) is 7.23. The fourth-order valence-corrected chi connectivity index (χ4v) is 0.776. The Labute approximate surface area is 75.2 Å². The number of hydrogen-bond acceptors (Lipinski definition) is 4. The van der Waals surface area contributed by atoms with Crippen LogP contribution in [0, 0.1) is 0 Å². The third kappa shape index (κ3) is 3.86. The summed E-state index contributed by atoms with van der Waals surface area (Å²) in [6, 6.07) is -1.45. The highest BCUT2D eigenvalue weighted by Gasteiger charge is 2.30. The smallest absolute Gasteiger partial charge is 0.334 e. The largest absolute Gasteiger partial charge is 0.480 e. The Balaban J connectivity index is 4.24. The Bertz CT molecular complexity index is 193. The number of aliphatic hydroxyl groups excluding tert-OH is 1. The van der Waals surface area contributed by atoms with E-state index in [0.29, 0.717) is 13.0 Å². The standard InChI is InChI=1S/C7H13NO5/c1-2-3-8-4(6(10)11)5(9)7(12)13/h4-5,8-9H,2-3H2,1H3,(H,10,11)(H,12,13). The van der Waals surface area contributed by atoms with Gasteiger partial charge in [-0.15, -0.1) is 0 Å². The molecule has 0 heterocycles. The molecule has 76 valence electrons. The average molecular weight is 191 g/mol. The van der Waals surface area contributed by atoms with E-state index in [-0.39, 0.29) is 0 Å². The first-order chi connectivity index (χ1) is 6.00. The Morgan fingerprint density at radius 1 is 1.31 bits per heavy atom. The Hall–Kier alpha value is -1.14. The summed E-state index contributed by atoms with van der Waals surface area (Å²) in [5.41, 5.74) is 0. The zero-order chi connectivity index (χ0) is 10.4. The molecule has 0 saturated heterocycles. The summed E-state index contributed by atoms with van der Waals surface area (Å²) in [6.07, 6.45) is -1.25. The third-order valence-electron chi connectivity index (χ3n) is 1.45. The maximum atomic E-state index is 10.5. The summed E-state index contributed by atoms with van der Waals surface area (Å²) >= 11 is 0. The van der Waals surface area contributed by atoms with Gasteiger partial charge in [0.1, 0.15) is 6.04 Å². The topological polar surface area (TPSA) is 107 Å². The van der Waals surface area contributed by atoms with Gasteiger partial charge in [-0.05, 0) is 13.0 Å². The number of carboxylic acid groups (broad SMARTS) is 2. The first-order valence-electron chi connectivity index (χ1n) is 3.87. The van der Waals surface area contributed by atoms with Crippen molar-refractivity contribution in [3.63, 3.8) is 0 Å². The van der Waals surface area contributed by atoms with Crippen molar-refractivity contribution >= 4 is 11.9 Å². The lowest BCUT2D eigenvalue weighted by molar-refractivity contribution is -0.156. The van der Waals surface area contributed by atoms with Crippen molar-refractivity contribution in [3.8, 4) is 0 Å². The van der Waals surface area contributed by atoms with Gasteiger partial charge in [-0.2, -0.15) is 0 Å². The fraction of sp³-hybridized carbons (Fsp3) is 0.714. The predicted molar refractivity (Wildman–Crippen MR) is 43.4 cm³/mol. The molecule has 0 aromatic carbocycles. The summed E-state index contributed by atoms with van der Waals surface area (Å²) in [4.78, 5) is 20.7. The minimum atomic E-state index is -1.91. The molecule has 4 N–H and O–H groups in total. The molecular weight excluding hydrogens is 178 g/mol. The maximum Gasteiger partial charge on any atom is 0.334 e. The van der Waals surface area contributed by atoms with Crippen molar-refractivity contribution in [3.05, 3.63) is 0 Å². The van der Waals surface area contributed by atoms with Crippen LogP contribution in [-0.4, -0.2) is 45.9 Å². The molecule has 6 heteroatoms. The van der Waals surface area contributed by atoms with Crippen molar-refractivity contribution in [2.24, 2.45) is 0 Å². The van der Waals surface area contributed by atoms with Crippen molar-refractivity contribution in [1.82, 2.24) is 5.32 Å². The summed E-state index contributed by atoms with van der Waals surface area (Å²) in [5, 5.41) is 28.2. The SMILES string of the molecule is CCCNC(C(=O)O)C(O)C(=O)O. The minimum Gasteiger partial charge on any atom is -0.480 e. The lowest BCUT2D eigenvalue weighted by Gasteiger charge is -2.16. The lowest BCUT2D eigenvalue weighted by Crippen LogP contribution is -2.49. The van der Waals surface area contributed by atoms with Gasteiger partial charge in [0.05, 0.1) is 0 Å². The van der Waals surface area contributed by atoms with Crippen molar-refractivity contribution in [2.75, 3.05) is 6.54 Å². The van der Waals surface area contributed by atoms with Crippen LogP contribution < -0.4 is 5.32 Å². The summed E-state index contributed by atoms with van der Waals surface area (Å²) in [5.74, 6) is -2.92. The Morgan fingerprint density at radius 3 is 2.15 bits per heavy atom. The van der Waals surface area contributed by atoms with Crippen LogP contribution in [0.4, 0.5) is 0 Å². The quantitative estimate of drug-likeness (QED) is 0.424. The number of rotatable bonds is 6. The van der Waals surface area contributed by atoms with E-state index >= 15 is 0 Å². The normalized spacial score (nSPS) is 14.9. The molecule has 13 heavy (non-hydrogen) atoms. The molecular formula is C7H13NO5. The van der Waals surface area contributed by atoms with Crippen LogP contribution >= 0.6 is 0 Å². The molecule has 0 rings (SSSR count). The molecule has 6 nitrogen and oxygen atoms in total. The summed E-state index contributed by atoms with van der Waals surface area (Å²) < 4.78 is 0. The van der Waals surface area contributed by atoms with Gasteiger partial charge in [-0.3, -0.25) is 4.79 Å². The van der Waals surface area contributed by atoms with E-state index in [1.165, 1.54) is 0 Å². The highest BCUT2D eigenvalue weighted by molar-refractivity contribution is 5.84. The molecule has 0 aliphatic heterocycles. The highest BCUT2D eigenvalue weighted by Crippen LogP contribution is 1.94. The van der Waals surface area contributed by atoms with Gasteiger partial charge in [0, 0.05) is 0 Å². The van der Waals surface area contributed by atoms with Crippen molar-refractivity contribution in [2.45, 2.75) is 25.5 Å². The van der Waals surface area contributed by atoms with Crippen LogP contribution in [0.5, 0.6) is 0 Å². The predicted octanol–water partition coefficient (Wildman–Crippen LogP) is -1.12. The number of carboxylic acids is 2. The van der Waals surface area contributed by atoms with Crippen molar-refractivity contribution in [1.29, 1.82) is 0 Å². The monoisotopic (exact) mass is 191 g/mol. The highest BCUT2D eigenvalue weighted by atomic mass is 16.4. The van der Waals surface area contributed by atoms with E-state index in [9.17, 15) is 9.59 Å². The molecule has 0 fully saturated rings. The molecule has 2 atom stereocenters. The number of nitrogens with one attached hydrogen (secondary N) is 1. The second kappa shape index (κ2) is 5.50. The van der Waals surface area contributed by atoms with Gasteiger partial charge in [-0.25, -0.2) is 4.79 Å². The Morgan fingerprint density at radius 2 is 1.85 bits per heavy atom. The van der Waals surface area contributed by atoms with Gasteiger partial charge >= 0.3 is 11.9 Å². The van der Waals surface area contributed by atoms with Gasteiger partial charge in [0.25, 0.3) is 0 Å². The third-order valence-corrected chi connectivity index (χ3v) is 1.45. The number of hydrogen-bond donors (Lipinski definition) is 4. The zero-order valence-electron chi connectivity index (χ0n) is 7.23. The van der Waals surface area contributed by atoms with E-state index < -0.39 is 24.1 Å². The number of aliphatic hydroxyl groups is 1. The van der Waals surface area contributed by atoms with Crippen LogP contribution in [0.15, 0.2) is 0 Å². The van der Waals surface area contributed by atoms with Crippen LogP contribution in [-0.2, 0) is 9.59 Å². The van der Waals surface area contributed by atoms with E-state index in [1.54, 1.807) is 6.92 Å². The van der Waals surface area contributed by atoms with E-state index in [0.717, 1.165) is 0 Å². The van der Waals surface area contributed by atoms with E-state index in [1.807, 2.05) is 0 Å². The molecule has 0 aromatic heterocycles. The summed E-state index contributed by atoms with van der Waals surface area (Å²) in [7, 11) is 0. The minimum absolute atomic E-state index is 0.349. The fourth-order valence-electron chi connectivity index (χ4n) is 0.776. The molecule has 0 aliphatic rings. The molecule has 0 amide bonds. The number of carbonyl (C=O) groups is 2. The van der Waals surface area contributed by atoms with Gasteiger partial charge in [-0.1, -0.05) is 6.92 Å². The average Bonchev–Trinajstić information content (AvgIpc) is 2.04. The molecule has 0 saturated carbocycles. The lowest BCUT2D eigenvalue weighted by atomic mass is 10.1. The second-order valence-electron chi connectivity index (χ2n) is 2.55. The van der Waals surface area contributed by atoms with Crippen LogP contribution in [0.25, 0.3) is 0 Å². The van der Waals surface area contributed by atoms with Crippen LogP contribution in [0.1, 0.15) is 13.3 Å². The van der Waals surface area contributed by atoms with E-state index in [4.69, 9.17) is 15.3 Å². The van der Waals surface area contributed by atoms with Crippen LogP contribution in [0.3, 0.4) is 0 Å². The first-order valence-corrected chi connectivity index (χ1v) is 3.87.